The van der Waals surface area contributed by atoms with Gasteiger partial charge in [0.1, 0.15) is 0 Å². The standard InChI is InChI=1S/C13H10N4OS2/c1-8-2-3-10(19-8)11-15-13(20-17-11)16-12(18)9-4-6-14-7-5-9/h2-7H,1H3,(H,15,16,17,18). The number of hydrogen-bond acceptors (Lipinski definition) is 6. The Kier molecular flexibility index (Phi) is 3.53. The predicted molar refractivity (Wildman–Crippen MR) is 80.1 cm³/mol. The van der Waals surface area contributed by atoms with Crippen LogP contribution in [0, 0.1) is 6.92 Å². The summed E-state index contributed by atoms with van der Waals surface area (Å²) in [5.74, 6) is 0.440. The van der Waals surface area contributed by atoms with Crippen LogP contribution in [0.4, 0.5) is 5.13 Å². The van der Waals surface area contributed by atoms with E-state index in [2.05, 4.69) is 19.7 Å². The van der Waals surface area contributed by atoms with Crippen LogP contribution >= 0.6 is 22.9 Å². The van der Waals surface area contributed by atoms with Gasteiger partial charge in [-0.2, -0.15) is 9.36 Å². The van der Waals surface area contributed by atoms with Crippen molar-refractivity contribution >= 4 is 33.9 Å². The number of anilines is 1. The molecule has 0 unspecified atom stereocenters. The van der Waals surface area contributed by atoms with Gasteiger partial charge < -0.3 is 0 Å². The first-order valence-corrected chi connectivity index (χ1v) is 7.43. The lowest BCUT2D eigenvalue weighted by Crippen LogP contribution is -2.11. The molecule has 3 rings (SSSR count). The topological polar surface area (TPSA) is 67.8 Å². The molecule has 3 aromatic heterocycles. The largest absolute Gasteiger partial charge is 0.297 e. The molecule has 0 spiro atoms. The average molecular weight is 302 g/mol. The summed E-state index contributed by atoms with van der Waals surface area (Å²) in [6.45, 7) is 2.03. The third-order valence-corrected chi connectivity index (χ3v) is 4.18. The number of aryl methyl sites for hydroxylation is 1. The maximum Gasteiger partial charge on any atom is 0.257 e. The lowest BCUT2D eigenvalue weighted by atomic mass is 10.2. The van der Waals surface area contributed by atoms with E-state index in [9.17, 15) is 4.79 Å². The van der Waals surface area contributed by atoms with Crippen molar-refractivity contribution in [3.63, 3.8) is 0 Å². The van der Waals surface area contributed by atoms with Crippen LogP contribution in [0.1, 0.15) is 15.2 Å². The molecule has 3 heterocycles. The highest BCUT2D eigenvalue weighted by atomic mass is 32.1. The fraction of sp³-hybridized carbons (Fsp3) is 0.0769. The van der Waals surface area contributed by atoms with Crippen molar-refractivity contribution in [3.8, 4) is 10.7 Å². The summed E-state index contributed by atoms with van der Waals surface area (Å²) in [4.78, 5) is 22.4. The summed E-state index contributed by atoms with van der Waals surface area (Å²) < 4.78 is 4.26. The number of pyridine rings is 1. The van der Waals surface area contributed by atoms with Crippen LogP contribution in [0.2, 0.25) is 0 Å². The second-order valence-electron chi connectivity index (χ2n) is 4.02. The predicted octanol–water partition coefficient (Wildman–Crippen LogP) is 3.22. The highest BCUT2D eigenvalue weighted by molar-refractivity contribution is 7.15. The maximum atomic E-state index is 12.0. The fourth-order valence-corrected chi connectivity index (χ4v) is 3.04. The number of hydrogen-bond donors (Lipinski definition) is 1. The van der Waals surface area contributed by atoms with Crippen molar-refractivity contribution in [1.82, 2.24) is 14.3 Å². The van der Waals surface area contributed by atoms with Crippen LogP contribution in [0.5, 0.6) is 0 Å². The second kappa shape index (κ2) is 5.48. The smallest absolute Gasteiger partial charge is 0.257 e. The SMILES string of the molecule is Cc1ccc(-c2nsc(NC(=O)c3ccncc3)n2)s1. The van der Waals surface area contributed by atoms with E-state index in [1.807, 2.05) is 19.1 Å². The van der Waals surface area contributed by atoms with Gasteiger partial charge in [0.05, 0.1) is 4.88 Å². The van der Waals surface area contributed by atoms with Crippen molar-refractivity contribution in [2.24, 2.45) is 0 Å². The number of aromatic nitrogens is 3. The Bertz CT molecular complexity index is 736. The summed E-state index contributed by atoms with van der Waals surface area (Å²) in [5, 5.41) is 3.23. The van der Waals surface area contributed by atoms with Crippen molar-refractivity contribution in [2.75, 3.05) is 5.32 Å². The Morgan fingerprint density at radius 1 is 1.20 bits per heavy atom. The molecular formula is C13H10N4OS2. The van der Waals surface area contributed by atoms with Gasteiger partial charge in [-0.25, -0.2) is 0 Å². The first-order chi connectivity index (χ1) is 9.72. The molecule has 0 fully saturated rings. The van der Waals surface area contributed by atoms with Crippen molar-refractivity contribution in [3.05, 3.63) is 47.1 Å². The molecule has 0 radical (unpaired) electrons. The Hall–Kier alpha value is -2.12. The van der Waals surface area contributed by atoms with Gasteiger partial charge in [-0.1, -0.05) is 0 Å². The van der Waals surface area contributed by atoms with Crippen LogP contribution in [0.3, 0.4) is 0 Å². The maximum absolute atomic E-state index is 12.0. The lowest BCUT2D eigenvalue weighted by Gasteiger charge is -1.99. The molecule has 0 bridgehead atoms. The molecule has 0 atom stereocenters. The van der Waals surface area contributed by atoms with Gasteiger partial charge in [0.2, 0.25) is 5.13 Å². The molecule has 0 saturated carbocycles. The van der Waals surface area contributed by atoms with E-state index < -0.39 is 0 Å². The number of carbonyl (C=O) groups is 1. The normalized spacial score (nSPS) is 10.4. The zero-order chi connectivity index (χ0) is 13.9. The van der Waals surface area contributed by atoms with Gasteiger partial charge >= 0.3 is 0 Å². The summed E-state index contributed by atoms with van der Waals surface area (Å²) in [5.41, 5.74) is 0.545. The van der Waals surface area contributed by atoms with Gasteiger partial charge in [0.15, 0.2) is 5.82 Å². The van der Waals surface area contributed by atoms with Gasteiger partial charge in [0, 0.05) is 34.4 Å². The minimum absolute atomic E-state index is 0.211. The van der Waals surface area contributed by atoms with Crippen LogP contribution in [-0.4, -0.2) is 20.2 Å². The Labute approximate surface area is 123 Å². The van der Waals surface area contributed by atoms with E-state index in [1.54, 1.807) is 35.9 Å². The summed E-state index contributed by atoms with van der Waals surface area (Å²) in [6, 6.07) is 7.31. The highest BCUT2D eigenvalue weighted by Crippen LogP contribution is 2.27. The van der Waals surface area contributed by atoms with E-state index >= 15 is 0 Å². The molecule has 0 aliphatic heterocycles. The first kappa shape index (κ1) is 12.9. The molecule has 5 nitrogen and oxygen atoms in total. The third-order valence-electron chi connectivity index (χ3n) is 2.55. The zero-order valence-electron chi connectivity index (χ0n) is 10.5. The Morgan fingerprint density at radius 3 is 2.70 bits per heavy atom. The van der Waals surface area contributed by atoms with Gasteiger partial charge in [-0.05, 0) is 31.2 Å². The van der Waals surface area contributed by atoms with Crippen molar-refractivity contribution in [2.45, 2.75) is 6.92 Å². The number of nitrogens with zero attached hydrogens (tertiary/aromatic N) is 3. The number of thiophene rings is 1. The molecule has 3 aromatic rings. The van der Waals surface area contributed by atoms with Crippen LogP contribution in [-0.2, 0) is 0 Å². The Morgan fingerprint density at radius 2 is 2.00 bits per heavy atom. The average Bonchev–Trinajstić information content (AvgIpc) is 3.09. The number of amides is 1. The minimum atomic E-state index is -0.211. The van der Waals surface area contributed by atoms with Crippen LogP contribution < -0.4 is 5.32 Å². The number of nitrogens with one attached hydrogen (secondary N) is 1. The molecule has 7 heteroatoms. The van der Waals surface area contributed by atoms with E-state index in [1.165, 1.54) is 16.4 Å². The number of carbonyl (C=O) groups excluding carboxylic acids is 1. The molecular weight excluding hydrogens is 292 g/mol. The van der Waals surface area contributed by atoms with Gasteiger partial charge in [-0.15, -0.1) is 11.3 Å². The fourth-order valence-electron chi connectivity index (χ4n) is 1.60. The quantitative estimate of drug-likeness (QED) is 0.806. The third kappa shape index (κ3) is 2.73. The van der Waals surface area contributed by atoms with Crippen LogP contribution in [0.25, 0.3) is 10.7 Å². The van der Waals surface area contributed by atoms with Crippen molar-refractivity contribution < 1.29 is 4.79 Å². The minimum Gasteiger partial charge on any atom is -0.297 e. The molecule has 20 heavy (non-hydrogen) atoms. The Balaban J connectivity index is 1.76. The molecule has 0 aromatic carbocycles. The summed E-state index contributed by atoms with van der Waals surface area (Å²) in [7, 11) is 0. The molecule has 1 amide bonds. The van der Waals surface area contributed by atoms with Gasteiger partial charge in [0.25, 0.3) is 5.91 Å². The highest BCUT2D eigenvalue weighted by Gasteiger charge is 2.11. The van der Waals surface area contributed by atoms with E-state index in [0.717, 1.165) is 4.88 Å². The molecule has 100 valence electrons. The van der Waals surface area contributed by atoms with E-state index in [0.29, 0.717) is 16.5 Å². The monoisotopic (exact) mass is 302 g/mol. The number of rotatable bonds is 3. The summed E-state index contributed by atoms with van der Waals surface area (Å²) >= 11 is 2.80. The van der Waals surface area contributed by atoms with E-state index in [4.69, 9.17) is 0 Å². The summed E-state index contributed by atoms with van der Waals surface area (Å²) in [6.07, 6.45) is 3.16. The van der Waals surface area contributed by atoms with Crippen LogP contribution in [0.15, 0.2) is 36.7 Å². The zero-order valence-corrected chi connectivity index (χ0v) is 12.2. The first-order valence-electron chi connectivity index (χ1n) is 5.84. The molecule has 0 saturated heterocycles. The van der Waals surface area contributed by atoms with E-state index in [-0.39, 0.29) is 5.91 Å². The van der Waals surface area contributed by atoms with Crippen molar-refractivity contribution in [1.29, 1.82) is 0 Å². The van der Waals surface area contributed by atoms with Gasteiger partial charge in [-0.3, -0.25) is 15.1 Å². The lowest BCUT2D eigenvalue weighted by molar-refractivity contribution is 0.102. The molecule has 1 N–H and O–H groups in total. The molecule has 0 aliphatic carbocycles. The second-order valence-corrected chi connectivity index (χ2v) is 6.06. The molecule has 0 aliphatic rings.